The number of carboxylic acids is 1. The first-order valence-corrected chi connectivity index (χ1v) is 11.1. The molecule has 0 atom stereocenters. The number of rotatable bonds is 8. The Hall–Kier alpha value is -2.47. The van der Waals surface area contributed by atoms with E-state index in [0.29, 0.717) is 29.8 Å². The fourth-order valence-electron chi connectivity index (χ4n) is 4.19. The molecule has 5 nitrogen and oxygen atoms in total. The summed E-state index contributed by atoms with van der Waals surface area (Å²) in [5, 5.41) is 11.7. The van der Waals surface area contributed by atoms with E-state index in [1.807, 2.05) is 18.2 Å². The van der Waals surface area contributed by atoms with E-state index in [4.69, 9.17) is 9.84 Å². The minimum Gasteiger partial charge on any atom is -0.489 e. The lowest BCUT2D eigenvalue weighted by Gasteiger charge is -2.36. The number of nitrogens with zero attached hydrogens (tertiary/aromatic N) is 1. The van der Waals surface area contributed by atoms with Gasteiger partial charge in [0.05, 0.1) is 24.4 Å². The Morgan fingerprint density at radius 1 is 1.19 bits per heavy atom. The fourth-order valence-corrected chi connectivity index (χ4v) is 4.19. The molecular formula is C25H33FN2O3. The number of hydrogen-bond donors (Lipinski definition) is 2. The minimum absolute atomic E-state index is 0.0308. The smallest absolute Gasteiger partial charge is 0.304 e. The van der Waals surface area contributed by atoms with E-state index in [-0.39, 0.29) is 18.3 Å². The number of nitrogens with one attached hydrogen (secondary N) is 1. The van der Waals surface area contributed by atoms with Crippen LogP contribution in [0, 0.1) is 17.2 Å². The predicted octanol–water partition coefficient (Wildman–Crippen LogP) is 5.44. The lowest BCUT2D eigenvalue weighted by atomic mass is 9.72. The molecule has 2 aromatic rings. The molecule has 0 unspecified atom stereocenters. The Kier molecular flexibility index (Phi) is 7.65. The Morgan fingerprint density at radius 3 is 2.55 bits per heavy atom. The molecule has 1 heterocycles. The van der Waals surface area contributed by atoms with Gasteiger partial charge in [-0.3, -0.25) is 9.78 Å². The molecule has 3 rings (SSSR count). The second kappa shape index (κ2) is 10.2. The van der Waals surface area contributed by atoms with Crippen molar-refractivity contribution >= 4 is 5.97 Å². The molecule has 31 heavy (non-hydrogen) atoms. The van der Waals surface area contributed by atoms with Gasteiger partial charge in [-0.2, -0.15) is 0 Å². The highest BCUT2D eigenvalue weighted by Crippen LogP contribution is 2.38. The Morgan fingerprint density at radius 2 is 1.94 bits per heavy atom. The number of ether oxygens (including phenoxy) is 1. The molecule has 6 heteroatoms. The van der Waals surface area contributed by atoms with Crippen molar-refractivity contribution < 1.29 is 19.0 Å². The number of aromatic nitrogens is 1. The molecule has 0 saturated heterocycles. The van der Waals surface area contributed by atoms with Gasteiger partial charge in [-0.05, 0) is 72.9 Å². The van der Waals surface area contributed by atoms with Gasteiger partial charge >= 0.3 is 5.97 Å². The van der Waals surface area contributed by atoms with Crippen molar-refractivity contribution in [2.75, 3.05) is 6.54 Å². The van der Waals surface area contributed by atoms with Crippen molar-refractivity contribution in [1.82, 2.24) is 10.3 Å². The van der Waals surface area contributed by atoms with Crippen molar-refractivity contribution in [3.05, 3.63) is 47.9 Å². The van der Waals surface area contributed by atoms with Crippen molar-refractivity contribution in [2.24, 2.45) is 11.3 Å². The maximum Gasteiger partial charge on any atom is 0.304 e. The largest absolute Gasteiger partial charge is 0.489 e. The van der Waals surface area contributed by atoms with Crippen LogP contribution in [-0.2, 0) is 11.3 Å². The van der Waals surface area contributed by atoms with E-state index in [1.165, 1.54) is 25.0 Å². The number of halogens is 1. The highest BCUT2D eigenvalue weighted by Gasteiger charge is 2.30. The van der Waals surface area contributed by atoms with Crippen LogP contribution in [-0.4, -0.2) is 28.7 Å². The number of benzene rings is 1. The first-order chi connectivity index (χ1) is 14.7. The zero-order chi connectivity index (χ0) is 22.4. The normalized spacial score (nSPS) is 19.2. The average Bonchev–Trinajstić information content (AvgIpc) is 2.71. The summed E-state index contributed by atoms with van der Waals surface area (Å²) < 4.78 is 20.2. The van der Waals surface area contributed by atoms with E-state index in [1.54, 1.807) is 6.20 Å². The average molecular weight is 429 g/mol. The van der Waals surface area contributed by atoms with Crippen LogP contribution in [0.25, 0.3) is 11.3 Å². The van der Waals surface area contributed by atoms with Gasteiger partial charge in [0.2, 0.25) is 0 Å². The molecule has 0 amide bonds. The third kappa shape index (κ3) is 7.03. The number of pyridine rings is 1. The van der Waals surface area contributed by atoms with Crippen molar-refractivity contribution in [3.8, 4) is 17.0 Å². The van der Waals surface area contributed by atoms with E-state index < -0.39 is 5.97 Å². The van der Waals surface area contributed by atoms with Crippen LogP contribution in [0.4, 0.5) is 4.39 Å². The predicted molar refractivity (Wildman–Crippen MR) is 119 cm³/mol. The van der Waals surface area contributed by atoms with Gasteiger partial charge in [0.25, 0.3) is 0 Å². The first-order valence-electron chi connectivity index (χ1n) is 11.1. The van der Waals surface area contributed by atoms with Crippen molar-refractivity contribution in [3.63, 3.8) is 0 Å². The van der Waals surface area contributed by atoms with Crippen LogP contribution in [0.3, 0.4) is 0 Å². The number of hydrogen-bond acceptors (Lipinski definition) is 4. The molecule has 168 valence electrons. The zero-order valence-electron chi connectivity index (χ0n) is 18.7. The minimum atomic E-state index is -0.860. The van der Waals surface area contributed by atoms with Gasteiger partial charge in [-0.25, -0.2) is 4.39 Å². The van der Waals surface area contributed by atoms with Crippen LogP contribution in [0.2, 0.25) is 0 Å². The van der Waals surface area contributed by atoms with E-state index in [2.05, 4.69) is 31.1 Å². The second-order valence-corrected chi connectivity index (χ2v) is 9.51. The molecule has 1 aliphatic carbocycles. The molecule has 2 N–H and O–H groups in total. The lowest BCUT2D eigenvalue weighted by Crippen LogP contribution is -2.30. The second-order valence-electron chi connectivity index (χ2n) is 9.51. The Balaban J connectivity index is 1.58. The topological polar surface area (TPSA) is 71.5 Å². The molecule has 1 fully saturated rings. The van der Waals surface area contributed by atoms with Gasteiger partial charge in [0, 0.05) is 18.7 Å². The third-order valence-electron chi connectivity index (χ3n) is 6.04. The molecule has 1 saturated carbocycles. The van der Waals surface area contributed by atoms with Crippen LogP contribution in [0.15, 0.2) is 36.5 Å². The molecular weight excluding hydrogens is 395 g/mol. The molecule has 0 bridgehead atoms. The number of aliphatic carboxylic acids is 1. The van der Waals surface area contributed by atoms with E-state index in [9.17, 15) is 9.18 Å². The van der Waals surface area contributed by atoms with Gasteiger partial charge < -0.3 is 15.2 Å². The van der Waals surface area contributed by atoms with Gasteiger partial charge in [-0.1, -0.05) is 20.8 Å². The van der Waals surface area contributed by atoms with Crippen molar-refractivity contribution in [2.45, 2.75) is 65.5 Å². The first kappa shape index (κ1) is 23.2. The summed E-state index contributed by atoms with van der Waals surface area (Å²) in [4.78, 5) is 15.1. The molecule has 1 aromatic carbocycles. The zero-order valence-corrected chi connectivity index (χ0v) is 18.7. The maximum atomic E-state index is 14.1. The van der Waals surface area contributed by atoms with Crippen LogP contribution < -0.4 is 10.1 Å². The quantitative estimate of drug-likeness (QED) is 0.548. The third-order valence-corrected chi connectivity index (χ3v) is 6.04. The SMILES string of the molecule is CC(C)(C)C1CCC(Oc2ccc(-c3cc(F)cc(CNCCC(=O)O)c3)nc2)CC1. The lowest BCUT2D eigenvalue weighted by molar-refractivity contribution is -0.136. The molecule has 0 aliphatic heterocycles. The van der Waals surface area contributed by atoms with Gasteiger partial charge in [0.15, 0.2) is 0 Å². The van der Waals surface area contributed by atoms with E-state index >= 15 is 0 Å². The molecule has 0 spiro atoms. The van der Waals surface area contributed by atoms with Gasteiger partial charge in [-0.15, -0.1) is 0 Å². The van der Waals surface area contributed by atoms with Gasteiger partial charge in [0.1, 0.15) is 11.6 Å². The summed E-state index contributed by atoms with van der Waals surface area (Å²) >= 11 is 0. The maximum absolute atomic E-state index is 14.1. The number of carbonyl (C=O) groups is 1. The Bertz CT molecular complexity index is 869. The van der Waals surface area contributed by atoms with Crippen LogP contribution >= 0.6 is 0 Å². The summed E-state index contributed by atoms with van der Waals surface area (Å²) in [6.45, 7) is 7.67. The molecule has 0 radical (unpaired) electrons. The van der Waals surface area contributed by atoms with Crippen molar-refractivity contribution in [1.29, 1.82) is 0 Å². The summed E-state index contributed by atoms with van der Waals surface area (Å²) in [5.41, 5.74) is 2.46. The summed E-state index contributed by atoms with van der Waals surface area (Å²) in [6.07, 6.45) is 6.46. The summed E-state index contributed by atoms with van der Waals surface area (Å²) in [7, 11) is 0. The fraction of sp³-hybridized carbons (Fsp3) is 0.520. The molecule has 1 aliphatic rings. The van der Waals surface area contributed by atoms with Crippen LogP contribution in [0.5, 0.6) is 5.75 Å². The molecule has 1 aromatic heterocycles. The highest BCUT2D eigenvalue weighted by atomic mass is 19.1. The summed E-state index contributed by atoms with van der Waals surface area (Å²) in [5.74, 6) is 0.287. The number of carboxylic acid groups (broad SMARTS) is 1. The van der Waals surface area contributed by atoms with Crippen LogP contribution in [0.1, 0.15) is 58.4 Å². The standard InChI is InChI=1S/C25H33FN2O3/c1-25(2,3)19-4-6-21(7-5-19)31-22-8-9-23(28-16-22)18-12-17(13-20(26)14-18)15-27-11-10-24(29)30/h8-9,12-14,16,19,21,27H,4-7,10-11,15H2,1-3H3,(H,29,30). The Labute approximate surface area is 184 Å². The monoisotopic (exact) mass is 428 g/mol. The summed E-state index contributed by atoms with van der Waals surface area (Å²) in [6, 6.07) is 8.52. The van der Waals surface area contributed by atoms with E-state index in [0.717, 1.165) is 30.1 Å². The highest BCUT2D eigenvalue weighted by molar-refractivity contribution is 5.66.